The van der Waals surface area contributed by atoms with Crippen LogP contribution in [0.2, 0.25) is 0 Å². The second kappa shape index (κ2) is 34.7. The van der Waals surface area contributed by atoms with Crippen LogP contribution < -0.4 is 0 Å². The van der Waals surface area contributed by atoms with E-state index in [2.05, 4.69) is 27.7 Å². The van der Waals surface area contributed by atoms with Crippen molar-refractivity contribution in [2.45, 2.75) is 220 Å². The summed E-state index contributed by atoms with van der Waals surface area (Å²) in [7, 11) is 0. The van der Waals surface area contributed by atoms with Crippen molar-refractivity contribution >= 4 is 17.9 Å². The van der Waals surface area contributed by atoms with Crippen molar-refractivity contribution < 1.29 is 28.6 Å². The molecular formula is C40H76O6. The Bertz CT molecular complexity index is 691. The van der Waals surface area contributed by atoms with Gasteiger partial charge in [-0.2, -0.15) is 0 Å². The third kappa shape index (κ3) is 33.8. The Labute approximate surface area is 285 Å². The van der Waals surface area contributed by atoms with Crippen molar-refractivity contribution in [2.75, 3.05) is 13.2 Å². The summed E-state index contributed by atoms with van der Waals surface area (Å²) in [4.78, 5) is 37.2. The van der Waals surface area contributed by atoms with Crippen molar-refractivity contribution in [1.29, 1.82) is 0 Å². The average Bonchev–Trinajstić information content (AvgIpc) is 3.03. The second-order valence-electron chi connectivity index (χ2n) is 14.0. The fraction of sp³-hybridized carbons (Fsp3) is 0.925. The smallest absolute Gasteiger partial charge is 0.306 e. The zero-order valence-electron chi connectivity index (χ0n) is 31.0. The van der Waals surface area contributed by atoms with E-state index in [0.29, 0.717) is 19.3 Å². The van der Waals surface area contributed by atoms with Crippen LogP contribution in [0.5, 0.6) is 0 Å². The molecule has 0 rings (SSSR count). The summed E-state index contributed by atoms with van der Waals surface area (Å²) in [5, 5.41) is 0. The van der Waals surface area contributed by atoms with Crippen LogP contribution in [0, 0.1) is 5.92 Å². The zero-order valence-corrected chi connectivity index (χ0v) is 31.0. The van der Waals surface area contributed by atoms with Gasteiger partial charge in [-0.1, -0.05) is 175 Å². The van der Waals surface area contributed by atoms with E-state index >= 15 is 0 Å². The lowest BCUT2D eigenvalue weighted by Crippen LogP contribution is -2.30. The van der Waals surface area contributed by atoms with Gasteiger partial charge in [0.15, 0.2) is 6.10 Å². The van der Waals surface area contributed by atoms with Gasteiger partial charge < -0.3 is 14.2 Å². The number of carbonyl (C=O) groups is 3. The Balaban J connectivity index is 4.22. The van der Waals surface area contributed by atoms with Crippen LogP contribution in [0.4, 0.5) is 0 Å². The Morgan fingerprint density at radius 1 is 0.413 bits per heavy atom. The van der Waals surface area contributed by atoms with Gasteiger partial charge >= 0.3 is 17.9 Å². The molecule has 0 saturated carbocycles. The summed E-state index contributed by atoms with van der Waals surface area (Å²) in [6.07, 6.45) is 31.2. The highest BCUT2D eigenvalue weighted by atomic mass is 16.6. The molecule has 0 aliphatic rings. The van der Waals surface area contributed by atoms with Crippen molar-refractivity contribution in [3.63, 3.8) is 0 Å². The summed E-state index contributed by atoms with van der Waals surface area (Å²) in [6, 6.07) is 0. The molecular weight excluding hydrogens is 576 g/mol. The molecule has 0 aromatic carbocycles. The summed E-state index contributed by atoms with van der Waals surface area (Å²) < 4.78 is 16.5. The van der Waals surface area contributed by atoms with Gasteiger partial charge in [0.1, 0.15) is 13.2 Å². The first-order chi connectivity index (χ1) is 22.4. The van der Waals surface area contributed by atoms with Crippen molar-refractivity contribution in [1.82, 2.24) is 0 Å². The number of hydrogen-bond acceptors (Lipinski definition) is 6. The molecule has 0 radical (unpaired) electrons. The van der Waals surface area contributed by atoms with E-state index < -0.39 is 6.10 Å². The summed E-state index contributed by atoms with van der Waals surface area (Å²) >= 11 is 0. The Morgan fingerprint density at radius 3 is 1.07 bits per heavy atom. The first kappa shape index (κ1) is 44.4. The van der Waals surface area contributed by atoms with E-state index in [1.165, 1.54) is 103 Å². The van der Waals surface area contributed by atoms with Crippen LogP contribution in [0.25, 0.3) is 0 Å². The molecule has 6 heteroatoms. The Kier molecular flexibility index (Phi) is 33.5. The van der Waals surface area contributed by atoms with E-state index in [1.54, 1.807) is 0 Å². The van der Waals surface area contributed by atoms with Gasteiger partial charge in [0.2, 0.25) is 0 Å². The molecule has 0 heterocycles. The quantitative estimate of drug-likeness (QED) is 0.0385. The maximum absolute atomic E-state index is 12.5. The molecule has 0 fully saturated rings. The average molecular weight is 653 g/mol. The maximum Gasteiger partial charge on any atom is 0.306 e. The van der Waals surface area contributed by atoms with Crippen LogP contribution in [0.1, 0.15) is 214 Å². The van der Waals surface area contributed by atoms with Gasteiger partial charge in [0, 0.05) is 19.3 Å². The monoisotopic (exact) mass is 653 g/mol. The number of esters is 3. The number of hydrogen-bond donors (Lipinski definition) is 0. The molecule has 0 unspecified atom stereocenters. The topological polar surface area (TPSA) is 78.9 Å². The fourth-order valence-corrected chi connectivity index (χ4v) is 5.74. The Morgan fingerprint density at radius 2 is 0.717 bits per heavy atom. The van der Waals surface area contributed by atoms with E-state index in [-0.39, 0.29) is 31.1 Å². The molecule has 0 aromatic rings. The molecule has 1 atom stereocenters. The second-order valence-corrected chi connectivity index (χ2v) is 14.0. The lowest BCUT2D eigenvalue weighted by atomic mass is 10.0. The highest BCUT2D eigenvalue weighted by molar-refractivity contribution is 5.71. The third-order valence-electron chi connectivity index (χ3n) is 8.79. The molecule has 0 aliphatic heterocycles. The molecule has 0 amide bonds. The van der Waals surface area contributed by atoms with E-state index in [0.717, 1.165) is 70.1 Å². The van der Waals surface area contributed by atoms with Gasteiger partial charge in [-0.3, -0.25) is 14.4 Å². The van der Waals surface area contributed by atoms with Gasteiger partial charge in [0.05, 0.1) is 0 Å². The van der Waals surface area contributed by atoms with Crippen molar-refractivity contribution in [2.24, 2.45) is 5.92 Å². The highest BCUT2D eigenvalue weighted by Crippen LogP contribution is 2.15. The molecule has 0 aromatic heterocycles. The number of unbranched alkanes of at least 4 members (excludes halogenated alkanes) is 22. The minimum Gasteiger partial charge on any atom is -0.462 e. The van der Waals surface area contributed by atoms with Crippen molar-refractivity contribution in [3.8, 4) is 0 Å². The van der Waals surface area contributed by atoms with Crippen LogP contribution >= 0.6 is 0 Å². The van der Waals surface area contributed by atoms with E-state index in [9.17, 15) is 14.4 Å². The normalized spacial score (nSPS) is 11.9. The highest BCUT2D eigenvalue weighted by Gasteiger charge is 2.19. The number of ether oxygens (including phenoxy) is 3. The predicted octanol–water partition coefficient (Wildman–Crippen LogP) is 12.0. The third-order valence-corrected chi connectivity index (χ3v) is 8.79. The number of rotatable bonds is 35. The molecule has 6 nitrogen and oxygen atoms in total. The number of carbonyl (C=O) groups excluding carboxylic acids is 3. The summed E-state index contributed by atoms with van der Waals surface area (Å²) in [5.74, 6) is -0.0823. The maximum atomic E-state index is 12.5. The molecule has 272 valence electrons. The predicted molar refractivity (Wildman–Crippen MR) is 192 cm³/mol. The molecule has 0 aliphatic carbocycles. The first-order valence-corrected chi connectivity index (χ1v) is 19.9. The van der Waals surface area contributed by atoms with Crippen molar-refractivity contribution in [3.05, 3.63) is 0 Å². The van der Waals surface area contributed by atoms with E-state index in [1.807, 2.05) is 0 Å². The minimum atomic E-state index is -0.756. The molecule has 0 spiro atoms. The fourth-order valence-electron chi connectivity index (χ4n) is 5.74. The van der Waals surface area contributed by atoms with Gasteiger partial charge in [-0.15, -0.1) is 0 Å². The first-order valence-electron chi connectivity index (χ1n) is 19.9. The minimum absolute atomic E-state index is 0.0664. The Hall–Kier alpha value is -1.59. The SMILES string of the molecule is CCCCCCCCCCCCCCC(=O)OC[C@@H](COC(=O)CCCCCCCCCCC(C)C)OC(=O)CCCCCCC. The summed E-state index contributed by atoms with van der Waals surface area (Å²) in [6.45, 7) is 8.85. The van der Waals surface area contributed by atoms with Crippen LogP contribution in [0.3, 0.4) is 0 Å². The molecule has 46 heavy (non-hydrogen) atoms. The largest absolute Gasteiger partial charge is 0.462 e. The standard InChI is InChI=1S/C40H76O6/c1-5-7-9-11-12-13-14-15-16-20-24-27-31-38(41)44-34-37(46-40(43)33-29-22-10-8-6-2)35-45-39(42)32-28-25-21-18-17-19-23-26-30-36(3)4/h36-37H,5-35H2,1-4H3/t37-/m0/s1. The zero-order chi connectivity index (χ0) is 33.9. The van der Waals surface area contributed by atoms with Crippen LogP contribution in [-0.4, -0.2) is 37.2 Å². The van der Waals surface area contributed by atoms with Crippen LogP contribution in [-0.2, 0) is 28.6 Å². The van der Waals surface area contributed by atoms with Gasteiger partial charge in [0.25, 0.3) is 0 Å². The molecule has 0 N–H and O–H groups in total. The lowest BCUT2D eigenvalue weighted by Gasteiger charge is -2.18. The lowest BCUT2D eigenvalue weighted by molar-refractivity contribution is -0.167. The van der Waals surface area contributed by atoms with Crippen LogP contribution in [0.15, 0.2) is 0 Å². The summed E-state index contributed by atoms with van der Waals surface area (Å²) in [5.41, 5.74) is 0. The van der Waals surface area contributed by atoms with E-state index in [4.69, 9.17) is 14.2 Å². The molecule has 0 bridgehead atoms. The van der Waals surface area contributed by atoms with Gasteiger partial charge in [-0.25, -0.2) is 0 Å². The van der Waals surface area contributed by atoms with Gasteiger partial charge in [-0.05, 0) is 25.2 Å². The molecule has 0 saturated heterocycles.